The van der Waals surface area contributed by atoms with Gasteiger partial charge in [0, 0.05) is 5.56 Å². The molecule has 32 heavy (non-hydrogen) atoms. The molecule has 1 aromatic heterocycles. The highest BCUT2D eigenvalue weighted by Gasteiger charge is 2.56. The fourth-order valence-corrected chi connectivity index (χ4v) is 5.51. The molecule has 5 rings (SSSR count). The van der Waals surface area contributed by atoms with E-state index >= 15 is 0 Å². The predicted molar refractivity (Wildman–Crippen MR) is 123 cm³/mol. The normalized spacial score (nSPS) is 25.3. The second kappa shape index (κ2) is 7.29. The zero-order chi connectivity index (χ0) is 22.7. The maximum atomic E-state index is 11.7. The van der Waals surface area contributed by atoms with Gasteiger partial charge in [0.2, 0.25) is 5.88 Å². The zero-order valence-electron chi connectivity index (χ0n) is 18.9. The fraction of sp³-hybridized carbons (Fsp3) is 0.520. The molecule has 7 nitrogen and oxygen atoms in total. The Morgan fingerprint density at radius 2 is 1.75 bits per heavy atom. The van der Waals surface area contributed by atoms with E-state index in [2.05, 4.69) is 34.2 Å². The summed E-state index contributed by atoms with van der Waals surface area (Å²) in [5.74, 6) is 1.53. The predicted octanol–water partition coefficient (Wildman–Crippen LogP) is 4.80. The highest BCUT2D eigenvalue weighted by atomic mass is 16.5. The summed E-state index contributed by atoms with van der Waals surface area (Å²) >= 11 is 0. The van der Waals surface area contributed by atoms with Crippen LogP contribution in [0.25, 0.3) is 0 Å². The minimum Gasteiger partial charge on any atom is -0.481 e. The smallest absolute Gasteiger partial charge is 0.309 e. The second-order valence-corrected chi connectivity index (χ2v) is 10.0. The van der Waals surface area contributed by atoms with Crippen LogP contribution in [0.2, 0.25) is 0 Å². The van der Waals surface area contributed by atoms with Gasteiger partial charge in [-0.1, -0.05) is 24.3 Å². The molecule has 3 N–H and O–H groups in total. The Kier molecular flexibility index (Phi) is 4.76. The third-order valence-electron chi connectivity index (χ3n) is 7.52. The maximum Gasteiger partial charge on any atom is 0.309 e. The van der Waals surface area contributed by atoms with Crippen LogP contribution in [-0.4, -0.2) is 32.4 Å². The Morgan fingerprint density at radius 1 is 1.09 bits per heavy atom. The van der Waals surface area contributed by atoms with Crippen molar-refractivity contribution < 1.29 is 14.6 Å². The molecule has 0 spiro atoms. The average Bonchev–Trinajstić information content (AvgIpc) is 3.55. The molecule has 168 valence electrons. The minimum absolute atomic E-state index is 0.323. The van der Waals surface area contributed by atoms with Crippen LogP contribution in [0.15, 0.2) is 29.3 Å². The molecule has 2 heterocycles. The second-order valence-electron chi connectivity index (χ2n) is 10.0. The van der Waals surface area contributed by atoms with Crippen LogP contribution in [0.5, 0.6) is 5.88 Å². The number of nitrogens with two attached hydrogens (primary N) is 1. The number of ether oxygens (including phenoxy) is 1. The van der Waals surface area contributed by atoms with E-state index in [-0.39, 0.29) is 0 Å². The molecule has 0 unspecified atom stereocenters. The van der Waals surface area contributed by atoms with Crippen molar-refractivity contribution in [1.29, 1.82) is 0 Å². The number of fused-ring (bicyclic) bond motifs is 1. The number of hydrogen-bond acceptors (Lipinski definition) is 6. The van der Waals surface area contributed by atoms with E-state index in [0.717, 1.165) is 49.8 Å². The quantitative estimate of drug-likeness (QED) is 0.715. The highest BCUT2D eigenvalue weighted by molar-refractivity contribution is 6.09. The molecule has 0 saturated heterocycles. The van der Waals surface area contributed by atoms with Gasteiger partial charge in [0.25, 0.3) is 0 Å². The monoisotopic (exact) mass is 434 g/mol. The van der Waals surface area contributed by atoms with Crippen LogP contribution >= 0.6 is 0 Å². The number of carboxylic acids is 1. The van der Waals surface area contributed by atoms with Gasteiger partial charge in [-0.05, 0) is 76.7 Å². The average molecular weight is 435 g/mol. The van der Waals surface area contributed by atoms with Gasteiger partial charge >= 0.3 is 5.97 Å². The van der Waals surface area contributed by atoms with E-state index in [9.17, 15) is 9.90 Å². The Hall–Kier alpha value is -2.96. The van der Waals surface area contributed by atoms with Crippen molar-refractivity contribution in [2.75, 3.05) is 5.73 Å². The Bertz CT molecular complexity index is 1090. The molecule has 7 heteroatoms. The third-order valence-corrected chi connectivity index (χ3v) is 7.52. The summed E-state index contributed by atoms with van der Waals surface area (Å²) in [4.78, 5) is 25.0. The number of aliphatic carboxylic acids is 1. The number of aryl methyl sites for hydroxylation is 1. The number of carboxylic acid groups (broad SMARTS) is 1. The maximum absolute atomic E-state index is 11.7. The number of nitrogen functional groups attached to an aromatic ring is 1. The molecule has 1 aliphatic heterocycles. The lowest BCUT2D eigenvalue weighted by atomic mass is 9.72. The van der Waals surface area contributed by atoms with Gasteiger partial charge < -0.3 is 15.6 Å². The van der Waals surface area contributed by atoms with E-state index in [1.165, 1.54) is 5.56 Å². The lowest BCUT2D eigenvalue weighted by Gasteiger charge is -2.33. The van der Waals surface area contributed by atoms with Crippen molar-refractivity contribution in [2.24, 2.45) is 16.3 Å². The van der Waals surface area contributed by atoms with Gasteiger partial charge in [-0.15, -0.1) is 0 Å². The first kappa shape index (κ1) is 20.9. The summed E-state index contributed by atoms with van der Waals surface area (Å²) in [5, 5.41) is 9.59. The van der Waals surface area contributed by atoms with Crippen LogP contribution in [0.3, 0.4) is 0 Å². The first-order valence-electron chi connectivity index (χ1n) is 11.5. The van der Waals surface area contributed by atoms with Crippen molar-refractivity contribution in [3.05, 3.63) is 41.2 Å². The Labute approximate surface area is 188 Å². The van der Waals surface area contributed by atoms with Crippen molar-refractivity contribution in [3.8, 4) is 5.88 Å². The molecule has 3 aliphatic rings. The van der Waals surface area contributed by atoms with E-state index < -0.39 is 17.0 Å². The number of aliphatic imine (C=N–C) groups is 1. The standard InChI is InChI=1S/C25H30N4O3/c1-14-27-21(26)19-22(28-14)32-24(2,3)20(29-19)17-6-4-15(5-7-17)16-8-10-18(11-9-16)25(12-13-25)23(30)31/h4-7,16,18H,8-13H2,1-3H3,(H,30,31)(H2,26,27,28). The number of anilines is 1. The Morgan fingerprint density at radius 3 is 2.34 bits per heavy atom. The lowest BCUT2D eigenvalue weighted by molar-refractivity contribution is -0.146. The van der Waals surface area contributed by atoms with Crippen molar-refractivity contribution in [1.82, 2.24) is 9.97 Å². The van der Waals surface area contributed by atoms with Gasteiger partial charge in [0.15, 0.2) is 11.5 Å². The van der Waals surface area contributed by atoms with Crippen LogP contribution in [0.1, 0.15) is 75.2 Å². The summed E-state index contributed by atoms with van der Waals surface area (Å²) in [5.41, 5.74) is 8.60. The topological polar surface area (TPSA) is 111 Å². The molecular weight excluding hydrogens is 404 g/mol. The number of rotatable bonds is 4. The molecule has 2 saturated carbocycles. The zero-order valence-corrected chi connectivity index (χ0v) is 18.9. The van der Waals surface area contributed by atoms with Crippen LogP contribution in [0, 0.1) is 18.3 Å². The summed E-state index contributed by atoms with van der Waals surface area (Å²) < 4.78 is 6.15. The third kappa shape index (κ3) is 3.44. The van der Waals surface area contributed by atoms with Crippen LogP contribution in [0.4, 0.5) is 11.5 Å². The van der Waals surface area contributed by atoms with Crippen LogP contribution in [-0.2, 0) is 4.79 Å². The molecule has 1 aromatic carbocycles. The van der Waals surface area contributed by atoms with E-state index in [4.69, 9.17) is 15.5 Å². The SMILES string of the molecule is Cc1nc(N)c2c(n1)OC(C)(C)C(c1ccc(C3CCC(C4(C(=O)O)CC4)CC3)cc1)=N2. The molecule has 0 radical (unpaired) electrons. The number of carbonyl (C=O) groups is 1. The van der Waals surface area contributed by atoms with Gasteiger partial charge in [-0.3, -0.25) is 4.79 Å². The number of nitrogens with zero attached hydrogens (tertiary/aromatic N) is 3. The first-order valence-corrected chi connectivity index (χ1v) is 11.5. The molecule has 2 aliphatic carbocycles. The van der Waals surface area contributed by atoms with E-state index in [1.54, 1.807) is 6.92 Å². The van der Waals surface area contributed by atoms with Crippen molar-refractivity contribution >= 4 is 23.2 Å². The van der Waals surface area contributed by atoms with Gasteiger partial charge in [-0.2, -0.15) is 4.98 Å². The molecule has 0 bridgehead atoms. The number of benzene rings is 1. The summed E-state index contributed by atoms with van der Waals surface area (Å²) in [7, 11) is 0. The number of aromatic nitrogens is 2. The van der Waals surface area contributed by atoms with Gasteiger partial charge in [-0.25, -0.2) is 9.98 Å². The molecule has 0 amide bonds. The van der Waals surface area contributed by atoms with E-state index in [1.807, 2.05) is 13.8 Å². The number of hydrogen-bond donors (Lipinski definition) is 2. The lowest BCUT2D eigenvalue weighted by Crippen LogP contribution is -2.41. The first-order chi connectivity index (χ1) is 15.2. The fourth-order valence-electron chi connectivity index (χ4n) is 5.51. The van der Waals surface area contributed by atoms with Gasteiger partial charge in [0.1, 0.15) is 11.4 Å². The highest BCUT2D eigenvalue weighted by Crippen LogP contribution is 2.57. The van der Waals surface area contributed by atoms with Gasteiger partial charge in [0.05, 0.1) is 11.1 Å². The molecule has 2 aromatic rings. The van der Waals surface area contributed by atoms with E-state index in [0.29, 0.717) is 35.0 Å². The molecular formula is C25H30N4O3. The van der Waals surface area contributed by atoms with Crippen LogP contribution < -0.4 is 10.5 Å². The summed E-state index contributed by atoms with van der Waals surface area (Å²) in [6, 6.07) is 8.55. The Balaban J connectivity index is 1.35. The van der Waals surface area contributed by atoms with Crippen molar-refractivity contribution in [3.63, 3.8) is 0 Å². The summed E-state index contributed by atoms with van der Waals surface area (Å²) in [6.45, 7) is 5.74. The molecule has 0 atom stereocenters. The minimum atomic E-state index is -0.644. The largest absolute Gasteiger partial charge is 0.481 e. The van der Waals surface area contributed by atoms with Crippen molar-refractivity contribution in [2.45, 2.75) is 70.8 Å². The summed E-state index contributed by atoms with van der Waals surface area (Å²) in [6.07, 6.45) is 5.81. The molecule has 2 fully saturated rings.